The molecule has 2 aromatic carbocycles. The molecule has 1 amide bonds. The maximum atomic E-state index is 13.6. The highest BCUT2D eigenvalue weighted by Crippen LogP contribution is 2.37. The number of pyridine rings is 1. The van der Waals surface area contributed by atoms with Crippen LogP contribution in [0.25, 0.3) is 27.6 Å². The molecule has 6 rings (SSSR count). The molecular weight excluding hydrogens is 487 g/mol. The van der Waals surface area contributed by atoms with Gasteiger partial charge in [0.05, 0.1) is 29.3 Å². The highest BCUT2D eigenvalue weighted by Gasteiger charge is 2.28. The van der Waals surface area contributed by atoms with Crippen LogP contribution in [0.15, 0.2) is 101 Å². The van der Waals surface area contributed by atoms with Crippen LogP contribution in [0.4, 0.5) is 10.1 Å². The first-order valence-corrected chi connectivity index (χ1v) is 13.3. The molecule has 194 valence electrons. The lowest BCUT2D eigenvalue weighted by molar-refractivity contribution is -0.115. The normalized spacial score (nSPS) is 20.9. The number of nitrogens with zero attached hydrogens (tertiary/aromatic N) is 2. The highest BCUT2D eigenvalue weighted by molar-refractivity contribution is 6.19. The Morgan fingerprint density at radius 1 is 1.05 bits per heavy atom. The van der Waals surface area contributed by atoms with Crippen LogP contribution < -0.4 is 5.32 Å². The maximum Gasteiger partial charge on any atom is 0.224 e. The molecule has 39 heavy (non-hydrogen) atoms. The molecular formula is C33H29FN4O. The van der Waals surface area contributed by atoms with Crippen LogP contribution in [0.5, 0.6) is 0 Å². The molecule has 0 unspecified atom stereocenters. The number of allylic oxidation sites excluding steroid dienone is 4. The van der Waals surface area contributed by atoms with E-state index in [9.17, 15) is 9.18 Å². The molecule has 0 spiro atoms. The third-order valence-electron chi connectivity index (χ3n) is 7.28. The SMILES string of the molecule is CCC(=O)Nc1cncc(C2=C/CC/C=C3/C(=C\2)C(c2cc4c(-c5ccc(F)cc5)cccc4[nH]2)=N[C@H]3C)c1. The van der Waals surface area contributed by atoms with Crippen molar-refractivity contribution in [3.63, 3.8) is 0 Å². The van der Waals surface area contributed by atoms with Crippen LogP contribution in [-0.4, -0.2) is 27.6 Å². The summed E-state index contributed by atoms with van der Waals surface area (Å²) in [5.74, 6) is -0.287. The van der Waals surface area contributed by atoms with Gasteiger partial charge in [0.15, 0.2) is 0 Å². The van der Waals surface area contributed by atoms with Crippen molar-refractivity contribution < 1.29 is 9.18 Å². The number of hydrogen-bond donors (Lipinski definition) is 2. The number of carbonyl (C=O) groups excluding carboxylic acids is 1. The van der Waals surface area contributed by atoms with Crippen LogP contribution >= 0.6 is 0 Å². The van der Waals surface area contributed by atoms with Crippen LogP contribution in [-0.2, 0) is 4.79 Å². The predicted molar refractivity (Wildman–Crippen MR) is 156 cm³/mol. The van der Waals surface area contributed by atoms with Gasteiger partial charge in [-0.05, 0) is 78.4 Å². The van der Waals surface area contributed by atoms with Gasteiger partial charge in [0, 0.05) is 34.7 Å². The van der Waals surface area contributed by atoms with Gasteiger partial charge in [0.25, 0.3) is 0 Å². The first-order valence-electron chi connectivity index (χ1n) is 13.3. The molecule has 0 fully saturated rings. The number of H-pyrrole nitrogens is 1. The van der Waals surface area contributed by atoms with Gasteiger partial charge in [-0.15, -0.1) is 0 Å². The summed E-state index contributed by atoms with van der Waals surface area (Å²) in [6, 6.07) is 16.9. The molecule has 1 aliphatic heterocycles. The van der Waals surface area contributed by atoms with Gasteiger partial charge in [-0.3, -0.25) is 14.8 Å². The highest BCUT2D eigenvalue weighted by atomic mass is 19.1. The predicted octanol–water partition coefficient (Wildman–Crippen LogP) is 7.64. The van der Waals surface area contributed by atoms with E-state index in [2.05, 4.69) is 58.6 Å². The summed E-state index contributed by atoms with van der Waals surface area (Å²) < 4.78 is 13.6. The third kappa shape index (κ3) is 4.86. The molecule has 4 aromatic rings. The van der Waals surface area contributed by atoms with E-state index in [-0.39, 0.29) is 17.8 Å². The molecule has 5 nitrogen and oxygen atoms in total. The summed E-state index contributed by atoms with van der Waals surface area (Å²) in [5.41, 5.74) is 9.89. The average molecular weight is 517 g/mol. The van der Waals surface area contributed by atoms with Crippen LogP contribution in [0, 0.1) is 5.82 Å². The monoisotopic (exact) mass is 516 g/mol. The number of fused-ring (bicyclic) bond motifs is 2. The summed E-state index contributed by atoms with van der Waals surface area (Å²) in [7, 11) is 0. The van der Waals surface area contributed by atoms with E-state index in [4.69, 9.17) is 4.99 Å². The van der Waals surface area contributed by atoms with Gasteiger partial charge >= 0.3 is 0 Å². The van der Waals surface area contributed by atoms with Crippen molar-refractivity contribution >= 4 is 33.8 Å². The van der Waals surface area contributed by atoms with E-state index in [0.29, 0.717) is 12.1 Å². The number of aromatic amines is 1. The Labute approximate surface area is 226 Å². The summed E-state index contributed by atoms with van der Waals surface area (Å²) in [5, 5.41) is 3.98. The second-order valence-electron chi connectivity index (χ2n) is 9.93. The zero-order chi connectivity index (χ0) is 26.9. The summed E-state index contributed by atoms with van der Waals surface area (Å²) in [4.78, 5) is 25.0. The van der Waals surface area contributed by atoms with Crippen molar-refractivity contribution in [2.75, 3.05) is 5.32 Å². The van der Waals surface area contributed by atoms with Crippen molar-refractivity contribution in [2.24, 2.45) is 4.99 Å². The number of hydrogen-bond acceptors (Lipinski definition) is 3. The molecule has 0 saturated carbocycles. The number of carbonyl (C=O) groups is 1. The summed E-state index contributed by atoms with van der Waals surface area (Å²) >= 11 is 0. The minimum Gasteiger partial charge on any atom is -0.353 e. The van der Waals surface area contributed by atoms with Crippen molar-refractivity contribution in [2.45, 2.75) is 39.2 Å². The zero-order valence-electron chi connectivity index (χ0n) is 22.0. The van der Waals surface area contributed by atoms with Gasteiger partial charge in [-0.2, -0.15) is 0 Å². The van der Waals surface area contributed by atoms with Crippen LogP contribution in [0.3, 0.4) is 0 Å². The number of rotatable bonds is 5. The Bertz CT molecular complexity index is 1710. The Balaban J connectivity index is 1.42. The number of nitrogens with one attached hydrogen (secondary N) is 2. The smallest absolute Gasteiger partial charge is 0.224 e. The molecule has 0 bridgehead atoms. The molecule has 2 aromatic heterocycles. The lowest BCUT2D eigenvalue weighted by Gasteiger charge is -2.13. The molecule has 1 atom stereocenters. The summed E-state index contributed by atoms with van der Waals surface area (Å²) in [6.45, 7) is 3.96. The molecule has 1 aliphatic carbocycles. The fraction of sp³-hybridized carbons (Fsp3) is 0.182. The van der Waals surface area contributed by atoms with Gasteiger partial charge in [-0.25, -0.2) is 4.39 Å². The standard InChI is InChI=1S/C33H29FN4O/c1-3-32(39)37-25-15-23(18-35-19-25)22-7-4-5-8-26-20(2)36-33(29(26)16-22)31-17-28-27(9-6-10-30(28)38-31)21-11-13-24(34)14-12-21/h6-20,38H,3-5H2,1-2H3,(H,37,39)/b22-7+,26-8+,29-16+/t20-/m0/s1. The molecule has 2 N–H and O–H groups in total. The number of benzene rings is 2. The van der Waals surface area contributed by atoms with Crippen LogP contribution in [0.2, 0.25) is 0 Å². The minimum atomic E-state index is -0.247. The Hall–Kier alpha value is -4.58. The fourth-order valence-electron chi connectivity index (χ4n) is 5.31. The second kappa shape index (κ2) is 10.3. The Morgan fingerprint density at radius 2 is 1.87 bits per heavy atom. The number of anilines is 1. The number of halogens is 1. The van der Waals surface area contributed by atoms with Gasteiger partial charge in [0.2, 0.25) is 5.91 Å². The second-order valence-corrected chi connectivity index (χ2v) is 9.93. The van der Waals surface area contributed by atoms with E-state index in [1.54, 1.807) is 6.20 Å². The van der Waals surface area contributed by atoms with Crippen molar-refractivity contribution in [3.8, 4) is 11.1 Å². The quantitative estimate of drug-likeness (QED) is 0.286. The van der Waals surface area contributed by atoms with E-state index in [1.807, 2.05) is 37.4 Å². The lowest BCUT2D eigenvalue weighted by Crippen LogP contribution is -2.10. The number of aliphatic imine (C=N–C) groups is 1. The van der Waals surface area contributed by atoms with Crippen LogP contribution in [0.1, 0.15) is 44.4 Å². The summed E-state index contributed by atoms with van der Waals surface area (Å²) in [6.07, 6.45) is 12.5. The minimum absolute atomic E-state index is 0.0398. The van der Waals surface area contributed by atoms with Crippen molar-refractivity contribution in [1.82, 2.24) is 9.97 Å². The first-order chi connectivity index (χ1) is 19.0. The average Bonchev–Trinajstić information content (AvgIpc) is 3.49. The van der Waals surface area contributed by atoms with Gasteiger partial charge < -0.3 is 10.3 Å². The van der Waals surface area contributed by atoms with Crippen molar-refractivity contribution in [3.05, 3.63) is 113 Å². The molecule has 6 heteroatoms. The van der Waals surface area contributed by atoms with E-state index >= 15 is 0 Å². The molecule has 0 saturated heterocycles. The zero-order valence-corrected chi connectivity index (χ0v) is 22.0. The Morgan fingerprint density at radius 3 is 2.69 bits per heavy atom. The maximum absolute atomic E-state index is 13.6. The number of amides is 1. The Kier molecular flexibility index (Phi) is 6.53. The van der Waals surface area contributed by atoms with Gasteiger partial charge in [0.1, 0.15) is 5.82 Å². The topological polar surface area (TPSA) is 70.1 Å². The fourth-order valence-corrected chi connectivity index (χ4v) is 5.31. The first kappa shape index (κ1) is 24.7. The van der Waals surface area contributed by atoms with E-state index in [0.717, 1.165) is 63.0 Å². The molecule has 2 aliphatic rings. The molecule has 3 heterocycles. The van der Waals surface area contributed by atoms with E-state index < -0.39 is 0 Å². The third-order valence-corrected chi connectivity index (χ3v) is 7.28. The lowest BCUT2D eigenvalue weighted by atomic mass is 9.91. The largest absolute Gasteiger partial charge is 0.353 e. The number of aromatic nitrogens is 2. The van der Waals surface area contributed by atoms with E-state index in [1.165, 1.54) is 17.7 Å². The van der Waals surface area contributed by atoms with Gasteiger partial charge in [-0.1, -0.05) is 43.3 Å². The van der Waals surface area contributed by atoms with Crippen molar-refractivity contribution in [1.29, 1.82) is 0 Å². The molecule has 0 radical (unpaired) electrons.